The molecule has 0 saturated carbocycles. The molecule has 27 heavy (non-hydrogen) atoms. The Bertz CT molecular complexity index is 897. The van der Waals surface area contributed by atoms with Gasteiger partial charge < -0.3 is 15.4 Å². The number of aromatic nitrogens is 6. The molecule has 0 aliphatic rings. The molecule has 0 fully saturated rings. The Morgan fingerprint density at radius 3 is 2.33 bits per heavy atom. The molecule has 0 aromatic carbocycles. The maximum Gasteiger partial charge on any atom is 0.175 e. The fourth-order valence-corrected chi connectivity index (χ4v) is 2.86. The van der Waals surface area contributed by atoms with E-state index in [9.17, 15) is 0 Å². The number of thiocarbonyl (C=S) groups is 1. The van der Waals surface area contributed by atoms with Crippen LogP contribution in [0.5, 0.6) is 0 Å². The first-order valence-electron chi connectivity index (χ1n) is 8.81. The fraction of sp³-hybridized carbons (Fsp3) is 0.412. The van der Waals surface area contributed by atoms with Crippen molar-refractivity contribution in [2.45, 2.75) is 40.6 Å². The Balaban J connectivity index is 1.54. The Kier molecular flexibility index (Phi) is 6.20. The van der Waals surface area contributed by atoms with Crippen LogP contribution in [-0.2, 0) is 24.6 Å². The van der Waals surface area contributed by atoms with Crippen LogP contribution < -0.4 is 10.6 Å². The molecule has 0 unspecified atom stereocenters. The van der Waals surface area contributed by atoms with Gasteiger partial charge in [-0.15, -0.1) is 0 Å². The van der Waals surface area contributed by atoms with Gasteiger partial charge in [0.05, 0.1) is 42.7 Å². The summed E-state index contributed by atoms with van der Waals surface area (Å²) in [4.78, 5) is 0. The minimum atomic E-state index is 0.416. The molecule has 0 bridgehead atoms. The molecule has 3 aromatic rings. The van der Waals surface area contributed by atoms with Crippen molar-refractivity contribution in [3.8, 4) is 0 Å². The van der Waals surface area contributed by atoms with Gasteiger partial charge in [-0.25, -0.2) is 4.68 Å². The predicted molar refractivity (Wildman–Crippen MR) is 108 cm³/mol. The van der Waals surface area contributed by atoms with Gasteiger partial charge in [-0.05, 0) is 33.0 Å². The monoisotopic (exact) mass is 388 g/mol. The van der Waals surface area contributed by atoms with Gasteiger partial charge >= 0.3 is 0 Å². The van der Waals surface area contributed by atoms with Gasteiger partial charge in [-0.1, -0.05) is 0 Å². The lowest BCUT2D eigenvalue weighted by Gasteiger charge is -2.06. The number of hydrogen-bond acceptors (Lipinski definition) is 5. The van der Waals surface area contributed by atoms with Crippen molar-refractivity contribution in [2.24, 2.45) is 0 Å². The van der Waals surface area contributed by atoms with E-state index >= 15 is 0 Å². The van der Waals surface area contributed by atoms with Gasteiger partial charge in [0.2, 0.25) is 0 Å². The SMILES string of the molecule is CCOCn1cc(NC(=S)Nc2cnn(Cc3cnn(CC)c3C)c2)cn1. The Hall–Kier alpha value is -2.72. The van der Waals surface area contributed by atoms with Crippen LogP contribution in [0.1, 0.15) is 25.1 Å². The predicted octanol–water partition coefficient (Wildman–Crippen LogP) is 2.46. The van der Waals surface area contributed by atoms with E-state index in [1.54, 1.807) is 17.1 Å². The van der Waals surface area contributed by atoms with E-state index in [1.807, 2.05) is 34.9 Å². The average molecular weight is 389 g/mol. The van der Waals surface area contributed by atoms with Crippen LogP contribution >= 0.6 is 12.2 Å². The summed E-state index contributed by atoms with van der Waals surface area (Å²) in [5, 5.41) is 19.6. The van der Waals surface area contributed by atoms with Crippen molar-refractivity contribution < 1.29 is 4.74 Å². The molecule has 0 spiro atoms. The lowest BCUT2D eigenvalue weighted by Crippen LogP contribution is -2.18. The number of rotatable bonds is 8. The second-order valence-electron chi connectivity index (χ2n) is 5.97. The number of aryl methyl sites for hydroxylation is 1. The van der Waals surface area contributed by atoms with Crippen LogP contribution in [0, 0.1) is 6.92 Å². The van der Waals surface area contributed by atoms with Gasteiger partial charge in [-0.2, -0.15) is 15.3 Å². The minimum absolute atomic E-state index is 0.416. The number of hydrogen-bond donors (Lipinski definition) is 2. The summed E-state index contributed by atoms with van der Waals surface area (Å²) >= 11 is 5.35. The summed E-state index contributed by atoms with van der Waals surface area (Å²) in [5.74, 6) is 0. The molecule has 0 amide bonds. The first kappa shape index (κ1) is 19.1. The summed E-state index contributed by atoms with van der Waals surface area (Å²) in [7, 11) is 0. The standard InChI is InChI=1S/C17H24N8OS/c1-4-25-13(3)14(6-20-25)9-23-10-15(7-18-23)21-17(27)22-16-8-19-24(11-16)12-26-5-2/h6-8,10-11H,4-5,9,12H2,1-3H3,(H2,21,22,27). The second kappa shape index (κ2) is 8.78. The van der Waals surface area contributed by atoms with Crippen molar-refractivity contribution in [2.75, 3.05) is 17.2 Å². The van der Waals surface area contributed by atoms with Crippen LogP contribution in [0.2, 0.25) is 0 Å². The van der Waals surface area contributed by atoms with Crippen molar-refractivity contribution in [3.05, 3.63) is 42.2 Å². The summed E-state index contributed by atoms with van der Waals surface area (Å²) < 4.78 is 10.8. The third kappa shape index (κ3) is 4.92. The minimum Gasteiger partial charge on any atom is -0.360 e. The van der Waals surface area contributed by atoms with Crippen molar-refractivity contribution in [1.29, 1.82) is 0 Å². The third-order valence-corrected chi connectivity index (χ3v) is 4.25. The Morgan fingerprint density at radius 1 is 1.04 bits per heavy atom. The van der Waals surface area contributed by atoms with Gasteiger partial charge in [0, 0.05) is 30.6 Å². The molecule has 0 aliphatic heterocycles. The highest BCUT2D eigenvalue weighted by Gasteiger charge is 2.08. The van der Waals surface area contributed by atoms with Crippen LogP contribution in [0.25, 0.3) is 0 Å². The molecule has 3 heterocycles. The molecular formula is C17H24N8OS. The van der Waals surface area contributed by atoms with E-state index in [1.165, 1.54) is 0 Å². The Morgan fingerprint density at radius 2 is 1.70 bits per heavy atom. The highest BCUT2D eigenvalue weighted by atomic mass is 32.1. The quantitative estimate of drug-likeness (QED) is 0.573. The highest BCUT2D eigenvalue weighted by Crippen LogP contribution is 2.12. The zero-order valence-corrected chi connectivity index (χ0v) is 16.5. The highest BCUT2D eigenvalue weighted by molar-refractivity contribution is 7.80. The maximum atomic E-state index is 5.35. The number of nitrogens with zero attached hydrogens (tertiary/aromatic N) is 6. The summed E-state index contributed by atoms with van der Waals surface area (Å²) in [6.45, 7) is 8.67. The molecule has 0 saturated heterocycles. The van der Waals surface area contributed by atoms with E-state index in [0.29, 0.717) is 25.0 Å². The molecule has 3 rings (SSSR count). The Labute approximate surface area is 163 Å². The second-order valence-corrected chi connectivity index (χ2v) is 6.38. The fourth-order valence-electron chi connectivity index (χ4n) is 2.63. The van der Waals surface area contributed by atoms with Crippen molar-refractivity contribution >= 4 is 28.7 Å². The zero-order valence-electron chi connectivity index (χ0n) is 15.7. The van der Waals surface area contributed by atoms with Gasteiger partial charge in [0.1, 0.15) is 6.73 Å². The van der Waals surface area contributed by atoms with Crippen LogP contribution in [0.4, 0.5) is 11.4 Å². The van der Waals surface area contributed by atoms with E-state index in [2.05, 4.69) is 39.8 Å². The normalized spacial score (nSPS) is 10.9. The van der Waals surface area contributed by atoms with E-state index in [0.717, 1.165) is 29.2 Å². The third-order valence-electron chi connectivity index (χ3n) is 4.05. The lowest BCUT2D eigenvalue weighted by molar-refractivity contribution is 0.0792. The first-order valence-corrected chi connectivity index (χ1v) is 9.21. The smallest absolute Gasteiger partial charge is 0.175 e. The molecule has 0 aliphatic carbocycles. The lowest BCUT2D eigenvalue weighted by atomic mass is 10.2. The molecule has 0 radical (unpaired) electrons. The van der Waals surface area contributed by atoms with Crippen molar-refractivity contribution in [1.82, 2.24) is 29.3 Å². The van der Waals surface area contributed by atoms with Crippen molar-refractivity contribution in [3.63, 3.8) is 0 Å². The van der Waals surface area contributed by atoms with Gasteiger partial charge in [0.25, 0.3) is 0 Å². The van der Waals surface area contributed by atoms with E-state index in [4.69, 9.17) is 17.0 Å². The van der Waals surface area contributed by atoms with E-state index < -0.39 is 0 Å². The van der Waals surface area contributed by atoms with Gasteiger partial charge in [0.15, 0.2) is 5.11 Å². The summed E-state index contributed by atoms with van der Waals surface area (Å²) in [6.07, 6.45) is 9.08. The topological polar surface area (TPSA) is 86.8 Å². The number of anilines is 2. The van der Waals surface area contributed by atoms with E-state index in [-0.39, 0.29) is 0 Å². The summed E-state index contributed by atoms with van der Waals surface area (Å²) in [5.41, 5.74) is 3.91. The largest absolute Gasteiger partial charge is 0.360 e. The van der Waals surface area contributed by atoms with Crippen LogP contribution in [0.3, 0.4) is 0 Å². The van der Waals surface area contributed by atoms with Gasteiger partial charge in [-0.3, -0.25) is 9.36 Å². The molecule has 9 nitrogen and oxygen atoms in total. The molecule has 144 valence electrons. The molecule has 2 N–H and O–H groups in total. The zero-order chi connectivity index (χ0) is 19.2. The first-order chi connectivity index (χ1) is 13.1. The number of ether oxygens (including phenoxy) is 1. The molecule has 3 aromatic heterocycles. The molecule has 0 atom stereocenters. The van der Waals surface area contributed by atoms with Crippen LogP contribution in [-0.4, -0.2) is 41.1 Å². The average Bonchev–Trinajstić information content (AvgIpc) is 3.36. The molecular weight excluding hydrogens is 364 g/mol. The summed E-state index contributed by atoms with van der Waals surface area (Å²) in [6, 6.07) is 0. The molecule has 10 heteroatoms. The number of nitrogens with one attached hydrogen (secondary N) is 2. The van der Waals surface area contributed by atoms with Crippen LogP contribution in [0.15, 0.2) is 31.0 Å². The maximum absolute atomic E-state index is 5.35.